The maximum Gasteiger partial charge on any atom is 0.335 e. The molecule has 2 nitrogen and oxygen atoms in total. The zero-order chi connectivity index (χ0) is 11.6. The molecule has 2 heteroatoms. The number of benzene rings is 1. The first-order chi connectivity index (χ1) is 7.83. The number of carbonyl (C=O) groups excluding carboxylic acids is 1. The van der Waals surface area contributed by atoms with E-state index in [0.717, 1.165) is 5.56 Å². The third-order valence-corrected chi connectivity index (χ3v) is 1.78. The van der Waals surface area contributed by atoms with Crippen LogP contribution in [0.2, 0.25) is 0 Å². The van der Waals surface area contributed by atoms with Crippen molar-refractivity contribution in [3.8, 4) is 0 Å². The molecule has 0 aliphatic carbocycles. The average Bonchev–Trinajstić information content (AvgIpc) is 2.31. The molecule has 0 aliphatic rings. The van der Waals surface area contributed by atoms with E-state index in [9.17, 15) is 4.79 Å². The zero-order valence-corrected chi connectivity index (χ0v) is 9.17. The third-order valence-electron chi connectivity index (χ3n) is 1.78. The summed E-state index contributed by atoms with van der Waals surface area (Å²) in [4.78, 5) is 11.1. The Morgan fingerprint density at radius 2 is 1.94 bits per heavy atom. The highest BCUT2D eigenvalue weighted by Gasteiger charge is 1.90. The van der Waals surface area contributed by atoms with Crippen molar-refractivity contribution in [2.45, 2.75) is 6.92 Å². The Balaban J connectivity index is 2.40. The Hall–Kier alpha value is -2.09. The van der Waals surface area contributed by atoms with E-state index in [0.29, 0.717) is 0 Å². The molecule has 1 aromatic carbocycles. The van der Waals surface area contributed by atoms with Gasteiger partial charge in [0.15, 0.2) is 0 Å². The topological polar surface area (TPSA) is 26.3 Å². The van der Waals surface area contributed by atoms with Crippen molar-refractivity contribution in [1.82, 2.24) is 0 Å². The Morgan fingerprint density at radius 3 is 2.62 bits per heavy atom. The number of allylic oxidation sites excluding steroid dienone is 3. The highest BCUT2D eigenvalue weighted by atomic mass is 16.5. The molecule has 0 aliphatic heterocycles. The van der Waals surface area contributed by atoms with Crippen LogP contribution < -0.4 is 0 Å². The van der Waals surface area contributed by atoms with Crippen molar-refractivity contribution in [3.05, 3.63) is 66.5 Å². The lowest BCUT2D eigenvalue weighted by molar-refractivity contribution is -0.132. The van der Waals surface area contributed by atoms with Gasteiger partial charge < -0.3 is 4.74 Å². The van der Waals surface area contributed by atoms with E-state index < -0.39 is 0 Å². The summed E-state index contributed by atoms with van der Waals surface area (Å²) in [5, 5.41) is 0. The number of esters is 1. The van der Waals surface area contributed by atoms with Gasteiger partial charge in [0.05, 0.1) is 6.26 Å². The smallest absolute Gasteiger partial charge is 0.335 e. The van der Waals surface area contributed by atoms with Crippen LogP contribution >= 0.6 is 0 Å². The molecule has 16 heavy (non-hydrogen) atoms. The maximum absolute atomic E-state index is 11.1. The van der Waals surface area contributed by atoms with Gasteiger partial charge in [0, 0.05) is 6.08 Å². The number of hydrogen-bond acceptors (Lipinski definition) is 2. The molecule has 0 heterocycles. The fourth-order valence-corrected chi connectivity index (χ4v) is 1.03. The summed E-state index contributed by atoms with van der Waals surface area (Å²) >= 11 is 0. The van der Waals surface area contributed by atoms with Crippen LogP contribution in [-0.4, -0.2) is 5.97 Å². The highest BCUT2D eigenvalue weighted by Crippen LogP contribution is 2.00. The number of rotatable bonds is 4. The van der Waals surface area contributed by atoms with Gasteiger partial charge in [-0.25, -0.2) is 4.79 Å². The van der Waals surface area contributed by atoms with Crippen LogP contribution in [0, 0.1) is 0 Å². The van der Waals surface area contributed by atoms with E-state index in [1.807, 2.05) is 43.3 Å². The van der Waals surface area contributed by atoms with Crippen LogP contribution in [0.4, 0.5) is 0 Å². The summed E-state index contributed by atoms with van der Waals surface area (Å²) in [7, 11) is 0. The third kappa shape index (κ3) is 4.96. The summed E-state index contributed by atoms with van der Waals surface area (Å²) in [6, 6.07) is 9.64. The Morgan fingerprint density at radius 1 is 1.19 bits per heavy atom. The molecule has 1 rings (SSSR count). The molecule has 0 amide bonds. The van der Waals surface area contributed by atoms with Crippen LogP contribution in [0.5, 0.6) is 0 Å². The van der Waals surface area contributed by atoms with Crippen molar-refractivity contribution < 1.29 is 9.53 Å². The quantitative estimate of drug-likeness (QED) is 0.332. The molecule has 0 saturated heterocycles. The monoisotopic (exact) mass is 214 g/mol. The number of carbonyl (C=O) groups is 1. The second-order valence-electron chi connectivity index (χ2n) is 3.04. The molecule has 82 valence electrons. The second-order valence-corrected chi connectivity index (χ2v) is 3.04. The Labute approximate surface area is 95.6 Å². The molecule has 0 bridgehead atoms. The van der Waals surface area contributed by atoms with Crippen molar-refractivity contribution in [2.75, 3.05) is 0 Å². The second kappa shape index (κ2) is 7.23. The normalized spacial score (nSPS) is 11.6. The molecule has 1 aromatic rings. The number of ether oxygens (including phenoxy) is 1. The highest BCUT2D eigenvalue weighted by molar-refractivity contribution is 5.83. The summed E-state index contributed by atoms with van der Waals surface area (Å²) in [5.74, 6) is -0.384. The van der Waals surface area contributed by atoms with Gasteiger partial charge in [-0.15, -0.1) is 0 Å². The van der Waals surface area contributed by atoms with E-state index in [-0.39, 0.29) is 5.97 Å². The van der Waals surface area contributed by atoms with Gasteiger partial charge in [-0.05, 0) is 18.6 Å². The average molecular weight is 214 g/mol. The lowest BCUT2D eigenvalue weighted by Crippen LogP contribution is -1.92. The van der Waals surface area contributed by atoms with E-state index in [4.69, 9.17) is 4.74 Å². The Bertz CT molecular complexity index is 400. The molecule has 0 atom stereocenters. The summed E-state index contributed by atoms with van der Waals surface area (Å²) < 4.78 is 4.85. The van der Waals surface area contributed by atoms with Gasteiger partial charge >= 0.3 is 5.97 Å². The zero-order valence-electron chi connectivity index (χ0n) is 9.17. The Kier molecular flexibility index (Phi) is 5.42. The van der Waals surface area contributed by atoms with Gasteiger partial charge in [-0.2, -0.15) is 0 Å². The molecule has 0 radical (unpaired) electrons. The first-order valence-electron chi connectivity index (χ1n) is 5.04. The van der Waals surface area contributed by atoms with E-state index in [1.54, 1.807) is 18.2 Å². The lowest BCUT2D eigenvalue weighted by Gasteiger charge is -1.93. The predicted molar refractivity (Wildman–Crippen MR) is 65.5 cm³/mol. The molecule has 0 fully saturated rings. The van der Waals surface area contributed by atoms with Gasteiger partial charge in [-0.3, -0.25) is 0 Å². The first kappa shape index (κ1) is 12.0. The largest absolute Gasteiger partial charge is 0.431 e. The standard InChI is InChI=1S/C14H14O2/c1-2-3-5-10-14(15)16-12-11-13-8-6-4-7-9-13/h2-12H,1H3/b3-2+,10-5+,12-11?. The summed E-state index contributed by atoms with van der Waals surface area (Å²) in [6.07, 6.45) is 9.73. The maximum atomic E-state index is 11.1. The summed E-state index contributed by atoms with van der Waals surface area (Å²) in [5.41, 5.74) is 0.993. The fraction of sp³-hybridized carbons (Fsp3) is 0.0714. The van der Waals surface area contributed by atoms with E-state index >= 15 is 0 Å². The van der Waals surface area contributed by atoms with Gasteiger partial charge in [-0.1, -0.05) is 48.6 Å². The summed E-state index contributed by atoms with van der Waals surface area (Å²) in [6.45, 7) is 1.88. The molecule has 0 unspecified atom stereocenters. The lowest BCUT2D eigenvalue weighted by atomic mass is 10.2. The minimum Gasteiger partial charge on any atom is -0.431 e. The molecular formula is C14H14O2. The van der Waals surface area contributed by atoms with Crippen LogP contribution in [0.3, 0.4) is 0 Å². The molecule has 0 N–H and O–H groups in total. The fourth-order valence-electron chi connectivity index (χ4n) is 1.03. The van der Waals surface area contributed by atoms with Gasteiger partial charge in [0.25, 0.3) is 0 Å². The first-order valence-corrected chi connectivity index (χ1v) is 5.04. The van der Waals surface area contributed by atoms with Crippen molar-refractivity contribution in [2.24, 2.45) is 0 Å². The molecule has 0 aromatic heterocycles. The van der Waals surface area contributed by atoms with Gasteiger partial charge in [0.1, 0.15) is 0 Å². The van der Waals surface area contributed by atoms with Crippen LogP contribution in [0.25, 0.3) is 6.08 Å². The van der Waals surface area contributed by atoms with Gasteiger partial charge in [0.2, 0.25) is 0 Å². The minimum atomic E-state index is -0.384. The number of hydrogen-bond donors (Lipinski definition) is 0. The van der Waals surface area contributed by atoms with Crippen LogP contribution in [-0.2, 0) is 9.53 Å². The van der Waals surface area contributed by atoms with E-state index in [1.165, 1.54) is 12.3 Å². The van der Waals surface area contributed by atoms with E-state index in [2.05, 4.69) is 0 Å². The molecule has 0 spiro atoms. The van der Waals surface area contributed by atoms with Crippen LogP contribution in [0.1, 0.15) is 12.5 Å². The van der Waals surface area contributed by atoms with Crippen molar-refractivity contribution in [3.63, 3.8) is 0 Å². The molecular weight excluding hydrogens is 200 g/mol. The SMILES string of the molecule is C/C=C/C=C/C(=O)OC=Cc1ccccc1. The van der Waals surface area contributed by atoms with Crippen LogP contribution in [0.15, 0.2) is 60.9 Å². The minimum absolute atomic E-state index is 0.384. The van der Waals surface area contributed by atoms with Crippen molar-refractivity contribution in [1.29, 1.82) is 0 Å². The molecule has 0 saturated carbocycles. The van der Waals surface area contributed by atoms with Crippen molar-refractivity contribution >= 4 is 12.0 Å². The predicted octanol–water partition coefficient (Wildman–Crippen LogP) is 3.33.